The molecule has 0 saturated carbocycles. The molecule has 0 aliphatic rings. The van der Waals surface area contributed by atoms with Crippen LogP contribution >= 0.6 is 11.3 Å². The Bertz CT molecular complexity index is 564. The normalized spacial score (nSPS) is 13.2. The minimum absolute atomic E-state index is 0.0336. The number of rotatable bonds is 7. The van der Waals surface area contributed by atoms with Crippen LogP contribution in [-0.4, -0.2) is 20.4 Å². The number of hydrogen-bond donors (Lipinski definition) is 2. The highest BCUT2D eigenvalue weighted by Gasteiger charge is 2.19. The first-order valence-corrected chi connectivity index (χ1v) is 9.06. The molecule has 114 valence electrons. The highest BCUT2D eigenvalue weighted by atomic mass is 32.2. The van der Waals surface area contributed by atoms with Gasteiger partial charge in [0.05, 0.1) is 9.77 Å². The fraction of sp³-hybridized carbons (Fsp3) is 0.615. The van der Waals surface area contributed by atoms with E-state index < -0.39 is 10.0 Å². The minimum atomic E-state index is -3.76. The highest BCUT2D eigenvalue weighted by Crippen LogP contribution is 2.24. The average molecular weight is 318 g/mol. The first kappa shape index (κ1) is 17.1. The van der Waals surface area contributed by atoms with E-state index in [-0.39, 0.29) is 16.8 Å². The number of thiophene rings is 1. The number of nitrogens with one attached hydrogen (secondary N) is 1. The van der Waals surface area contributed by atoms with Crippen LogP contribution < -0.4 is 10.5 Å². The standard InChI is InChI=1S/C13H22N2O3S2/c1-4-5-6-7-9(2)15-13(16)11-8-12(10(3)19-11)20(14,17)18/h8-9H,4-7H2,1-3H3,(H,15,16)(H2,14,17,18). The van der Waals surface area contributed by atoms with Crippen LogP contribution in [0.5, 0.6) is 0 Å². The maximum absolute atomic E-state index is 12.0. The summed E-state index contributed by atoms with van der Waals surface area (Å²) in [6.07, 6.45) is 4.28. The number of carbonyl (C=O) groups excluding carboxylic acids is 1. The van der Waals surface area contributed by atoms with Gasteiger partial charge in [-0.25, -0.2) is 13.6 Å². The third-order valence-corrected chi connectivity index (χ3v) is 5.24. The zero-order valence-electron chi connectivity index (χ0n) is 12.1. The van der Waals surface area contributed by atoms with Gasteiger partial charge in [0.1, 0.15) is 0 Å². The van der Waals surface area contributed by atoms with Gasteiger partial charge in [-0.15, -0.1) is 11.3 Å². The van der Waals surface area contributed by atoms with Crippen molar-refractivity contribution in [3.8, 4) is 0 Å². The molecule has 1 heterocycles. The van der Waals surface area contributed by atoms with Gasteiger partial charge in [-0.1, -0.05) is 26.2 Å². The van der Waals surface area contributed by atoms with E-state index in [1.54, 1.807) is 6.92 Å². The van der Waals surface area contributed by atoms with Crippen molar-refractivity contribution in [2.24, 2.45) is 5.14 Å². The molecule has 1 amide bonds. The van der Waals surface area contributed by atoms with E-state index in [0.29, 0.717) is 9.75 Å². The molecule has 1 rings (SSSR count). The molecule has 5 nitrogen and oxygen atoms in total. The Balaban J connectivity index is 2.69. The molecule has 0 aliphatic heterocycles. The Kier molecular flexibility index (Phi) is 6.16. The number of aryl methyl sites for hydroxylation is 1. The molecule has 7 heteroatoms. The molecular weight excluding hydrogens is 296 g/mol. The third-order valence-electron chi connectivity index (χ3n) is 3.02. The number of nitrogens with two attached hydrogens (primary N) is 1. The fourth-order valence-corrected chi connectivity index (χ4v) is 3.98. The summed E-state index contributed by atoms with van der Waals surface area (Å²) in [7, 11) is -3.76. The van der Waals surface area contributed by atoms with E-state index in [2.05, 4.69) is 12.2 Å². The van der Waals surface area contributed by atoms with Crippen LogP contribution in [0.25, 0.3) is 0 Å². The number of carbonyl (C=O) groups is 1. The summed E-state index contributed by atoms with van der Waals surface area (Å²) in [5, 5.41) is 7.98. The smallest absolute Gasteiger partial charge is 0.261 e. The lowest BCUT2D eigenvalue weighted by Crippen LogP contribution is -2.31. The topological polar surface area (TPSA) is 89.3 Å². The van der Waals surface area contributed by atoms with Gasteiger partial charge >= 0.3 is 0 Å². The van der Waals surface area contributed by atoms with Gasteiger partial charge in [-0.3, -0.25) is 4.79 Å². The van der Waals surface area contributed by atoms with Crippen molar-refractivity contribution < 1.29 is 13.2 Å². The number of primary sulfonamides is 1. The first-order chi connectivity index (χ1) is 9.25. The van der Waals surface area contributed by atoms with E-state index in [1.807, 2.05) is 6.92 Å². The number of hydrogen-bond acceptors (Lipinski definition) is 4. The number of unbranched alkanes of at least 4 members (excludes halogenated alkanes) is 2. The summed E-state index contributed by atoms with van der Waals surface area (Å²) < 4.78 is 22.7. The lowest BCUT2D eigenvalue weighted by atomic mass is 10.1. The Labute approximate surface area is 124 Å². The maximum atomic E-state index is 12.0. The highest BCUT2D eigenvalue weighted by molar-refractivity contribution is 7.89. The van der Waals surface area contributed by atoms with Gasteiger partial charge in [0, 0.05) is 10.9 Å². The van der Waals surface area contributed by atoms with Crippen LogP contribution in [0.15, 0.2) is 11.0 Å². The molecule has 20 heavy (non-hydrogen) atoms. The quantitative estimate of drug-likeness (QED) is 0.756. The lowest BCUT2D eigenvalue weighted by Gasteiger charge is -2.12. The summed E-state index contributed by atoms with van der Waals surface area (Å²) in [5.74, 6) is -0.239. The van der Waals surface area contributed by atoms with Crippen LogP contribution in [0, 0.1) is 6.92 Å². The van der Waals surface area contributed by atoms with Crippen molar-refractivity contribution in [2.45, 2.75) is 57.4 Å². The Hall–Kier alpha value is -0.920. The van der Waals surface area contributed by atoms with Gasteiger partial charge in [-0.05, 0) is 26.3 Å². The Morgan fingerprint density at radius 3 is 2.60 bits per heavy atom. The van der Waals surface area contributed by atoms with Crippen molar-refractivity contribution in [1.29, 1.82) is 0 Å². The fourth-order valence-electron chi connectivity index (χ4n) is 1.93. The number of sulfonamides is 1. The van der Waals surface area contributed by atoms with Crippen LogP contribution in [0.1, 0.15) is 54.1 Å². The molecule has 1 atom stereocenters. The third kappa shape index (κ3) is 4.88. The molecule has 0 radical (unpaired) electrons. The molecule has 1 unspecified atom stereocenters. The largest absolute Gasteiger partial charge is 0.349 e. The zero-order valence-corrected chi connectivity index (χ0v) is 13.7. The van der Waals surface area contributed by atoms with E-state index in [1.165, 1.54) is 6.07 Å². The maximum Gasteiger partial charge on any atom is 0.261 e. The van der Waals surface area contributed by atoms with Gasteiger partial charge in [0.2, 0.25) is 10.0 Å². The minimum Gasteiger partial charge on any atom is -0.349 e. The van der Waals surface area contributed by atoms with E-state index in [4.69, 9.17) is 5.14 Å². The molecular formula is C13H22N2O3S2. The monoisotopic (exact) mass is 318 g/mol. The summed E-state index contributed by atoms with van der Waals surface area (Å²) >= 11 is 1.15. The molecule has 0 saturated heterocycles. The van der Waals surface area contributed by atoms with Crippen molar-refractivity contribution in [3.63, 3.8) is 0 Å². The second kappa shape index (κ2) is 7.19. The van der Waals surface area contributed by atoms with E-state index >= 15 is 0 Å². The SMILES string of the molecule is CCCCCC(C)NC(=O)c1cc(S(N)(=O)=O)c(C)s1. The molecule has 0 aliphatic carbocycles. The summed E-state index contributed by atoms with van der Waals surface area (Å²) in [5.41, 5.74) is 0. The van der Waals surface area contributed by atoms with Crippen LogP contribution in [0.3, 0.4) is 0 Å². The first-order valence-electron chi connectivity index (χ1n) is 6.69. The molecule has 0 fully saturated rings. The predicted octanol–water partition coefficient (Wildman–Crippen LogP) is 2.40. The predicted molar refractivity (Wildman–Crippen MR) is 81.5 cm³/mol. The summed E-state index contributed by atoms with van der Waals surface area (Å²) in [4.78, 5) is 13.0. The molecule has 3 N–H and O–H groups in total. The van der Waals surface area contributed by atoms with Gasteiger partial charge < -0.3 is 5.32 Å². The second-order valence-corrected chi connectivity index (χ2v) is 7.73. The Morgan fingerprint density at radius 2 is 2.10 bits per heavy atom. The van der Waals surface area contributed by atoms with Crippen molar-refractivity contribution in [2.75, 3.05) is 0 Å². The Morgan fingerprint density at radius 1 is 1.45 bits per heavy atom. The molecule has 1 aromatic rings. The van der Waals surface area contributed by atoms with Gasteiger partial charge in [-0.2, -0.15) is 0 Å². The lowest BCUT2D eigenvalue weighted by molar-refractivity contribution is 0.0942. The zero-order chi connectivity index (χ0) is 15.3. The second-order valence-electron chi connectivity index (χ2n) is 4.95. The summed E-state index contributed by atoms with van der Waals surface area (Å²) in [6.45, 7) is 5.73. The van der Waals surface area contributed by atoms with Crippen LogP contribution in [0.4, 0.5) is 0 Å². The van der Waals surface area contributed by atoms with Crippen molar-refractivity contribution in [3.05, 3.63) is 15.8 Å². The van der Waals surface area contributed by atoms with Crippen LogP contribution in [0.2, 0.25) is 0 Å². The van der Waals surface area contributed by atoms with Gasteiger partial charge in [0.15, 0.2) is 0 Å². The number of amides is 1. The molecule has 0 bridgehead atoms. The van der Waals surface area contributed by atoms with E-state index in [9.17, 15) is 13.2 Å². The average Bonchev–Trinajstić information content (AvgIpc) is 2.71. The van der Waals surface area contributed by atoms with Crippen molar-refractivity contribution in [1.82, 2.24) is 5.32 Å². The van der Waals surface area contributed by atoms with E-state index in [0.717, 1.165) is 37.0 Å². The molecule has 0 spiro atoms. The van der Waals surface area contributed by atoms with Gasteiger partial charge in [0.25, 0.3) is 5.91 Å². The van der Waals surface area contributed by atoms with Crippen molar-refractivity contribution >= 4 is 27.3 Å². The molecule has 1 aromatic heterocycles. The molecule has 0 aromatic carbocycles. The summed E-state index contributed by atoms with van der Waals surface area (Å²) in [6, 6.07) is 1.43. The van der Waals surface area contributed by atoms with Crippen LogP contribution in [-0.2, 0) is 10.0 Å².